The predicted octanol–water partition coefficient (Wildman–Crippen LogP) is 2.67. The van der Waals surface area contributed by atoms with Crippen molar-refractivity contribution in [3.05, 3.63) is 47.8 Å². The lowest BCUT2D eigenvalue weighted by atomic mass is 9.91. The van der Waals surface area contributed by atoms with Crippen LogP contribution in [0.4, 0.5) is 4.39 Å². The average Bonchev–Trinajstić information content (AvgIpc) is 3.18. The number of rotatable bonds is 4. The standard InChI is InChI=1S/C18H21FN4O/c19-15-6-2-1-4-13(15)10-18(7-8-18)17(24)23-9-3-5-14(11-23)16-20-12-21-22-16/h1-2,4,6,12,14H,3,5,7-11H2,(H,20,21,22). The highest BCUT2D eigenvalue weighted by Gasteiger charge is 2.52. The molecule has 1 aliphatic carbocycles. The van der Waals surface area contributed by atoms with Gasteiger partial charge in [-0.2, -0.15) is 5.10 Å². The smallest absolute Gasteiger partial charge is 0.229 e. The van der Waals surface area contributed by atoms with Crippen LogP contribution in [0.1, 0.15) is 43.0 Å². The molecule has 0 spiro atoms. The van der Waals surface area contributed by atoms with Crippen LogP contribution >= 0.6 is 0 Å². The Labute approximate surface area is 140 Å². The molecule has 126 valence electrons. The molecule has 5 nitrogen and oxygen atoms in total. The van der Waals surface area contributed by atoms with E-state index in [1.165, 1.54) is 12.4 Å². The first kappa shape index (κ1) is 15.3. The molecular formula is C18H21FN4O. The van der Waals surface area contributed by atoms with Gasteiger partial charge in [-0.25, -0.2) is 9.37 Å². The van der Waals surface area contributed by atoms with Crippen LogP contribution in [-0.2, 0) is 11.2 Å². The van der Waals surface area contributed by atoms with Gasteiger partial charge in [-0.05, 0) is 43.7 Å². The summed E-state index contributed by atoms with van der Waals surface area (Å²) in [5.41, 5.74) is 0.248. The van der Waals surface area contributed by atoms with E-state index in [1.807, 2.05) is 11.0 Å². The Balaban J connectivity index is 1.48. The van der Waals surface area contributed by atoms with Gasteiger partial charge in [0.05, 0.1) is 5.41 Å². The van der Waals surface area contributed by atoms with Gasteiger partial charge in [0, 0.05) is 19.0 Å². The number of aromatic amines is 1. The van der Waals surface area contributed by atoms with Crippen LogP contribution in [-0.4, -0.2) is 39.1 Å². The number of nitrogens with zero attached hydrogens (tertiary/aromatic N) is 3. The molecule has 1 aromatic carbocycles. The summed E-state index contributed by atoms with van der Waals surface area (Å²) in [6.07, 6.45) is 5.69. The molecule has 24 heavy (non-hydrogen) atoms. The van der Waals surface area contributed by atoms with Crippen molar-refractivity contribution in [3.8, 4) is 0 Å². The van der Waals surface area contributed by atoms with E-state index < -0.39 is 5.41 Å². The maximum absolute atomic E-state index is 14.0. The SMILES string of the molecule is O=C(N1CCCC(c2ncn[nH]2)C1)C1(Cc2ccccc2F)CC1. The van der Waals surface area contributed by atoms with Gasteiger partial charge in [0.1, 0.15) is 18.0 Å². The fraction of sp³-hybridized carbons (Fsp3) is 0.500. The molecule has 0 radical (unpaired) electrons. The number of aromatic nitrogens is 3. The second kappa shape index (κ2) is 6.00. The molecule has 1 unspecified atom stereocenters. The van der Waals surface area contributed by atoms with Gasteiger partial charge in [-0.15, -0.1) is 0 Å². The Morgan fingerprint density at radius 3 is 2.92 bits per heavy atom. The van der Waals surface area contributed by atoms with Crippen LogP contribution in [0.5, 0.6) is 0 Å². The van der Waals surface area contributed by atoms with E-state index in [2.05, 4.69) is 15.2 Å². The number of carbonyl (C=O) groups is 1. The molecule has 1 saturated heterocycles. The summed E-state index contributed by atoms with van der Waals surface area (Å²) in [6.45, 7) is 1.45. The number of amides is 1. The van der Waals surface area contributed by atoms with Crippen LogP contribution in [0.15, 0.2) is 30.6 Å². The number of hydrogen-bond acceptors (Lipinski definition) is 3. The van der Waals surface area contributed by atoms with E-state index in [0.717, 1.165) is 38.1 Å². The highest BCUT2D eigenvalue weighted by molar-refractivity contribution is 5.86. The number of halogens is 1. The Hall–Kier alpha value is -2.24. The summed E-state index contributed by atoms with van der Waals surface area (Å²) in [4.78, 5) is 19.3. The lowest BCUT2D eigenvalue weighted by Crippen LogP contribution is -2.44. The van der Waals surface area contributed by atoms with Gasteiger partial charge in [-0.1, -0.05) is 18.2 Å². The highest BCUT2D eigenvalue weighted by atomic mass is 19.1. The quantitative estimate of drug-likeness (QED) is 0.938. The van der Waals surface area contributed by atoms with Crippen molar-refractivity contribution in [1.29, 1.82) is 0 Å². The van der Waals surface area contributed by atoms with E-state index in [0.29, 0.717) is 18.5 Å². The molecule has 4 rings (SSSR count). The average molecular weight is 328 g/mol. The van der Waals surface area contributed by atoms with Gasteiger partial charge >= 0.3 is 0 Å². The van der Waals surface area contributed by atoms with E-state index in [9.17, 15) is 9.18 Å². The summed E-state index contributed by atoms with van der Waals surface area (Å²) in [6, 6.07) is 6.78. The van der Waals surface area contributed by atoms with Crippen LogP contribution in [0.3, 0.4) is 0 Å². The first-order valence-electron chi connectivity index (χ1n) is 8.56. The van der Waals surface area contributed by atoms with Crippen molar-refractivity contribution >= 4 is 5.91 Å². The van der Waals surface area contributed by atoms with Crippen molar-refractivity contribution in [2.75, 3.05) is 13.1 Å². The Kier molecular flexibility index (Phi) is 3.82. The van der Waals surface area contributed by atoms with Crippen molar-refractivity contribution in [2.45, 2.75) is 38.0 Å². The fourth-order valence-electron chi connectivity index (χ4n) is 3.76. The maximum atomic E-state index is 14.0. The number of carbonyl (C=O) groups excluding carboxylic acids is 1. The molecule has 1 atom stereocenters. The molecule has 1 amide bonds. The molecule has 2 heterocycles. The highest BCUT2D eigenvalue weighted by Crippen LogP contribution is 2.50. The minimum atomic E-state index is -0.397. The van der Waals surface area contributed by atoms with Crippen molar-refractivity contribution < 1.29 is 9.18 Å². The van der Waals surface area contributed by atoms with Crippen LogP contribution in [0.2, 0.25) is 0 Å². The van der Waals surface area contributed by atoms with Crippen molar-refractivity contribution in [2.24, 2.45) is 5.41 Å². The number of likely N-dealkylation sites (tertiary alicyclic amines) is 1. The summed E-state index contributed by atoms with van der Waals surface area (Å²) >= 11 is 0. The Morgan fingerprint density at radius 1 is 1.38 bits per heavy atom. The molecular weight excluding hydrogens is 307 g/mol. The van der Waals surface area contributed by atoms with Gasteiger partial charge in [0.2, 0.25) is 5.91 Å². The largest absolute Gasteiger partial charge is 0.341 e. The molecule has 6 heteroatoms. The number of H-pyrrole nitrogens is 1. The molecule has 2 aromatic rings. The molecule has 1 saturated carbocycles. The number of piperidine rings is 1. The second-order valence-corrected chi connectivity index (χ2v) is 7.01. The fourth-order valence-corrected chi connectivity index (χ4v) is 3.76. The van der Waals surface area contributed by atoms with Crippen LogP contribution < -0.4 is 0 Å². The lowest BCUT2D eigenvalue weighted by Gasteiger charge is -2.34. The number of benzene rings is 1. The van der Waals surface area contributed by atoms with Gasteiger partial charge in [0.15, 0.2) is 0 Å². The normalized spacial score (nSPS) is 22.4. The number of nitrogens with one attached hydrogen (secondary N) is 1. The Morgan fingerprint density at radius 2 is 2.21 bits per heavy atom. The minimum Gasteiger partial charge on any atom is -0.341 e. The van der Waals surface area contributed by atoms with Crippen LogP contribution in [0, 0.1) is 11.2 Å². The summed E-state index contributed by atoms with van der Waals surface area (Å²) < 4.78 is 14.0. The van der Waals surface area contributed by atoms with Gasteiger partial charge < -0.3 is 4.90 Å². The van der Waals surface area contributed by atoms with Crippen molar-refractivity contribution in [3.63, 3.8) is 0 Å². The molecule has 2 aliphatic rings. The van der Waals surface area contributed by atoms with Crippen LogP contribution in [0.25, 0.3) is 0 Å². The van der Waals surface area contributed by atoms with Gasteiger partial charge in [0.25, 0.3) is 0 Å². The third kappa shape index (κ3) is 2.81. The summed E-state index contributed by atoms with van der Waals surface area (Å²) in [5, 5.41) is 6.83. The summed E-state index contributed by atoms with van der Waals surface area (Å²) in [7, 11) is 0. The first-order chi connectivity index (χ1) is 11.7. The third-order valence-electron chi connectivity index (χ3n) is 5.32. The molecule has 1 aromatic heterocycles. The third-order valence-corrected chi connectivity index (χ3v) is 5.32. The minimum absolute atomic E-state index is 0.176. The summed E-state index contributed by atoms with van der Waals surface area (Å²) in [5.74, 6) is 1.03. The first-order valence-corrected chi connectivity index (χ1v) is 8.56. The van der Waals surface area contributed by atoms with E-state index in [4.69, 9.17) is 0 Å². The zero-order chi connectivity index (χ0) is 16.6. The molecule has 1 aliphatic heterocycles. The molecule has 2 fully saturated rings. The number of hydrogen-bond donors (Lipinski definition) is 1. The molecule has 0 bridgehead atoms. The lowest BCUT2D eigenvalue weighted by molar-refractivity contribution is -0.138. The maximum Gasteiger partial charge on any atom is 0.229 e. The van der Waals surface area contributed by atoms with E-state index >= 15 is 0 Å². The van der Waals surface area contributed by atoms with Crippen molar-refractivity contribution in [1.82, 2.24) is 20.1 Å². The zero-order valence-corrected chi connectivity index (χ0v) is 13.5. The van der Waals surface area contributed by atoms with E-state index in [-0.39, 0.29) is 17.6 Å². The van der Waals surface area contributed by atoms with Gasteiger partial charge in [-0.3, -0.25) is 9.89 Å². The Bertz CT molecular complexity index is 726. The van der Waals surface area contributed by atoms with E-state index in [1.54, 1.807) is 12.1 Å². The zero-order valence-electron chi connectivity index (χ0n) is 13.5. The monoisotopic (exact) mass is 328 g/mol. The topological polar surface area (TPSA) is 61.9 Å². The predicted molar refractivity (Wildman–Crippen MR) is 86.7 cm³/mol. The molecule has 1 N–H and O–H groups in total. The second-order valence-electron chi connectivity index (χ2n) is 7.01.